The maximum atomic E-state index is 12.7. The molecular weight excluding hydrogens is 359 g/mol. The number of aryl methyl sites for hydroxylation is 1. The van der Waals surface area contributed by atoms with Gasteiger partial charge in [-0.15, -0.1) is 11.3 Å². The van der Waals surface area contributed by atoms with Crippen LogP contribution in [0.25, 0.3) is 22.2 Å². The molecule has 4 rings (SSSR count). The number of pyridine rings is 1. The van der Waals surface area contributed by atoms with E-state index in [1.54, 1.807) is 17.5 Å². The minimum atomic E-state index is -4.34. The van der Waals surface area contributed by atoms with Crippen molar-refractivity contribution < 1.29 is 13.2 Å². The molecule has 0 unspecified atom stereocenters. The Hall–Kier alpha value is -2.80. The van der Waals surface area contributed by atoms with Gasteiger partial charge >= 0.3 is 6.18 Å². The summed E-state index contributed by atoms with van der Waals surface area (Å²) in [6.07, 6.45) is -0.758. The monoisotopic (exact) mass is 373 g/mol. The molecule has 4 aromatic rings. The van der Waals surface area contributed by atoms with Crippen LogP contribution in [0.4, 0.5) is 24.5 Å². The number of halogens is 3. The van der Waals surface area contributed by atoms with E-state index in [0.29, 0.717) is 5.69 Å². The maximum absolute atomic E-state index is 12.7. The minimum absolute atomic E-state index is 0.580. The van der Waals surface area contributed by atoms with Crippen LogP contribution in [0.5, 0.6) is 0 Å². The van der Waals surface area contributed by atoms with Crippen molar-refractivity contribution >= 4 is 33.7 Å². The van der Waals surface area contributed by atoms with Gasteiger partial charge in [0, 0.05) is 33.9 Å². The second-order valence-corrected chi connectivity index (χ2v) is 7.03. The van der Waals surface area contributed by atoms with Crippen LogP contribution in [0, 0.1) is 6.92 Å². The minimum Gasteiger partial charge on any atom is -0.354 e. The molecule has 0 spiro atoms. The van der Waals surface area contributed by atoms with Gasteiger partial charge in [-0.25, -0.2) is 4.98 Å². The Labute approximate surface area is 151 Å². The normalized spacial score (nSPS) is 11.8. The molecular formula is C19H14F3N3S. The summed E-state index contributed by atoms with van der Waals surface area (Å²) in [6, 6.07) is 9.05. The summed E-state index contributed by atoms with van der Waals surface area (Å²) >= 11 is 1.67. The zero-order chi connectivity index (χ0) is 18.3. The van der Waals surface area contributed by atoms with E-state index in [1.165, 1.54) is 17.0 Å². The lowest BCUT2D eigenvalue weighted by Gasteiger charge is -2.09. The van der Waals surface area contributed by atoms with E-state index in [0.717, 1.165) is 40.0 Å². The summed E-state index contributed by atoms with van der Waals surface area (Å²) in [7, 11) is 0. The number of H-pyrrole nitrogens is 1. The van der Waals surface area contributed by atoms with Gasteiger partial charge in [0.25, 0.3) is 0 Å². The van der Waals surface area contributed by atoms with Crippen LogP contribution in [0.3, 0.4) is 0 Å². The van der Waals surface area contributed by atoms with E-state index in [2.05, 4.69) is 28.3 Å². The third-order valence-corrected chi connectivity index (χ3v) is 5.04. The van der Waals surface area contributed by atoms with Crippen molar-refractivity contribution in [2.24, 2.45) is 0 Å². The molecule has 0 aliphatic rings. The number of hydrogen-bond donors (Lipinski definition) is 2. The Balaban J connectivity index is 1.67. The van der Waals surface area contributed by atoms with Crippen molar-refractivity contribution in [2.75, 3.05) is 5.32 Å². The zero-order valence-electron chi connectivity index (χ0n) is 13.7. The average Bonchev–Trinajstić information content (AvgIpc) is 3.21. The van der Waals surface area contributed by atoms with Crippen LogP contribution in [-0.4, -0.2) is 9.97 Å². The summed E-state index contributed by atoms with van der Waals surface area (Å²) in [5.74, 6) is 0. The van der Waals surface area contributed by atoms with Crippen molar-refractivity contribution in [3.05, 3.63) is 64.6 Å². The van der Waals surface area contributed by atoms with Crippen molar-refractivity contribution in [1.82, 2.24) is 9.97 Å². The van der Waals surface area contributed by atoms with E-state index >= 15 is 0 Å². The molecule has 0 saturated carbocycles. The third-order valence-electron chi connectivity index (χ3n) is 4.19. The molecule has 0 aliphatic heterocycles. The highest BCUT2D eigenvalue weighted by atomic mass is 32.1. The number of thiophene rings is 1. The second kappa shape index (κ2) is 6.17. The standard InChI is InChI=1S/C19H14F3N3S/c1-11-15(6-7-26-11)12-8-16-17(10-24-18(16)23-9-12)25-14-4-2-13(3-5-14)19(20,21)22/h2-10,25H,1H3,(H,23,24). The molecule has 3 heterocycles. The molecule has 0 fully saturated rings. The Morgan fingerprint density at radius 3 is 2.54 bits per heavy atom. The fraction of sp³-hybridized carbons (Fsp3) is 0.105. The van der Waals surface area contributed by atoms with Crippen LogP contribution in [0.15, 0.2) is 54.2 Å². The first kappa shape index (κ1) is 16.7. The van der Waals surface area contributed by atoms with Gasteiger partial charge < -0.3 is 10.3 Å². The van der Waals surface area contributed by atoms with Crippen molar-refractivity contribution in [3.8, 4) is 11.1 Å². The van der Waals surface area contributed by atoms with Gasteiger partial charge in [0.2, 0.25) is 0 Å². The predicted octanol–water partition coefficient (Wildman–Crippen LogP) is 6.36. The lowest BCUT2D eigenvalue weighted by Crippen LogP contribution is -2.04. The van der Waals surface area contributed by atoms with E-state index < -0.39 is 11.7 Å². The molecule has 3 nitrogen and oxygen atoms in total. The smallest absolute Gasteiger partial charge is 0.354 e. The first-order chi connectivity index (χ1) is 12.4. The van der Waals surface area contributed by atoms with Crippen LogP contribution < -0.4 is 5.32 Å². The fourth-order valence-electron chi connectivity index (χ4n) is 2.84. The Morgan fingerprint density at radius 1 is 1.12 bits per heavy atom. The zero-order valence-corrected chi connectivity index (χ0v) is 14.5. The molecule has 1 aromatic carbocycles. The van der Waals surface area contributed by atoms with E-state index in [-0.39, 0.29) is 0 Å². The van der Waals surface area contributed by atoms with Crippen LogP contribution >= 0.6 is 11.3 Å². The quantitative estimate of drug-likeness (QED) is 0.438. The molecule has 7 heteroatoms. The summed E-state index contributed by atoms with van der Waals surface area (Å²) in [5.41, 5.74) is 3.53. The molecule has 26 heavy (non-hydrogen) atoms. The second-order valence-electron chi connectivity index (χ2n) is 5.91. The molecule has 0 radical (unpaired) electrons. The van der Waals surface area contributed by atoms with Gasteiger partial charge in [-0.1, -0.05) is 0 Å². The first-order valence-corrected chi connectivity index (χ1v) is 8.75. The number of anilines is 2. The van der Waals surface area contributed by atoms with Gasteiger partial charge in [0.15, 0.2) is 0 Å². The summed E-state index contributed by atoms with van der Waals surface area (Å²) in [5, 5.41) is 6.07. The average molecular weight is 373 g/mol. The fourth-order valence-corrected chi connectivity index (χ4v) is 3.56. The molecule has 0 saturated heterocycles. The number of fused-ring (bicyclic) bond motifs is 1. The number of aromatic nitrogens is 2. The van der Waals surface area contributed by atoms with E-state index in [4.69, 9.17) is 0 Å². The Kier molecular flexibility index (Phi) is 3.96. The van der Waals surface area contributed by atoms with Gasteiger partial charge in [-0.3, -0.25) is 0 Å². The highest BCUT2D eigenvalue weighted by Crippen LogP contribution is 2.33. The SMILES string of the molecule is Cc1sccc1-c1cnc2[nH]cc(Nc3ccc(C(F)(F)F)cc3)c2c1. The topological polar surface area (TPSA) is 40.7 Å². The molecule has 0 amide bonds. The Bertz CT molecular complexity index is 1060. The summed E-state index contributed by atoms with van der Waals surface area (Å²) in [4.78, 5) is 8.73. The number of rotatable bonds is 3. The third kappa shape index (κ3) is 3.06. The van der Waals surface area contributed by atoms with Gasteiger partial charge in [-0.05, 0) is 54.3 Å². The molecule has 0 aliphatic carbocycles. The predicted molar refractivity (Wildman–Crippen MR) is 98.9 cm³/mol. The molecule has 2 N–H and O–H groups in total. The maximum Gasteiger partial charge on any atom is 0.416 e. The highest BCUT2D eigenvalue weighted by molar-refractivity contribution is 7.10. The molecule has 3 aromatic heterocycles. The van der Waals surface area contributed by atoms with Crippen molar-refractivity contribution in [3.63, 3.8) is 0 Å². The molecule has 0 bridgehead atoms. The number of hydrogen-bond acceptors (Lipinski definition) is 3. The van der Waals surface area contributed by atoms with E-state index in [9.17, 15) is 13.2 Å². The van der Waals surface area contributed by atoms with Crippen LogP contribution in [-0.2, 0) is 6.18 Å². The van der Waals surface area contributed by atoms with Gasteiger partial charge in [0.05, 0.1) is 11.3 Å². The van der Waals surface area contributed by atoms with Crippen molar-refractivity contribution in [1.29, 1.82) is 0 Å². The molecule has 0 atom stereocenters. The summed E-state index contributed by atoms with van der Waals surface area (Å²) in [6.45, 7) is 2.06. The lowest BCUT2D eigenvalue weighted by atomic mass is 10.1. The van der Waals surface area contributed by atoms with Gasteiger partial charge in [-0.2, -0.15) is 13.2 Å². The highest BCUT2D eigenvalue weighted by Gasteiger charge is 2.29. The number of aromatic amines is 1. The number of alkyl halides is 3. The summed E-state index contributed by atoms with van der Waals surface area (Å²) < 4.78 is 38.1. The Morgan fingerprint density at radius 2 is 1.88 bits per heavy atom. The number of nitrogens with one attached hydrogen (secondary N) is 2. The van der Waals surface area contributed by atoms with Crippen LogP contribution in [0.2, 0.25) is 0 Å². The van der Waals surface area contributed by atoms with Crippen molar-refractivity contribution in [2.45, 2.75) is 13.1 Å². The lowest BCUT2D eigenvalue weighted by molar-refractivity contribution is -0.137. The van der Waals surface area contributed by atoms with Crippen LogP contribution in [0.1, 0.15) is 10.4 Å². The van der Waals surface area contributed by atoms with E-state index in [1.807, 2.05) is 17.6 Å². The van der Waals surface area contributed by atoms with Gasteiger partial charge in [0.1, 0.15) is 5.65 Å². The number of nitrogens with zero attached hydrogens (tertiary/aromatic N) is 1. The first-order valence-electron chi connectivity index (χ1n) is 7.88. The number of benzene rings is 1. The largest absolute Gasteiger partial charge is 0.416 e. The molecule has 132 valence electrons.